The lowest BCUT2D eigenvalue weighted by Gasteiger charge is -2.28. The average molecular weight is 385 g/mol. The van der Waals surface area contributed by atoms with Crippen LogP contribution in [0.2, 0.25) is 0 Å². The van der Waals surface area contributed by atoms with Crippen molar-refractivity contribution in [2.24, 2.45) is 0 Å². The van der Waals surface area contributed by atoms with Gasteiger partial charge in [-0.05, 0) is 38.5 Å². The van der Waals surface area contributed by atoms with Crippen LogP contribution in [0.5, 0.6) is 0 Å². The van der Waals surface area contributed by atoms with Gasteiger partial charge < -0.3 is 10.2 Å². The molecule has 0 saturated carbocycles. The Morgan fingerprint density at radius 2 is 1.74 bits per heavy atom. The van der Waals surface area contributed by atoms with E-state index in [4.69, 9.17) is 0 Å². The van der Waals surface area contributed by atoms with Crippen LogP contribution in [0.3, 0.4) is 0 Å². The van der Waals surface area contributed by atoms with Gasteiger partial charge in [0.2, 0.25) is 11.8 Å². The third-order valence-corrected chi connectivity index (χ3v) is 5.33. The van der Waals surface area contributed by atoms with Gasteiger partial charge >= 0.3 is 0 Å². The molecule has 5 heteroatoms. The van der Waals surface area contributed by atoms with Crippen LogP contribution in [0.1, 0.15) is 31.4 Å². The van der Waals surface area contributed by atoms with E-state index in [-0.39, 0.29) is 11.8 Å². The van der Waals surface area contributed by atoms with Crippen LogP contribution >= 0.6 is 11.8 Å². The number of carbonyl (C=O) groups is 2. The zero-order valence-corrected chi connectivity index (χ0v) is 17.1. The Balaban J connectivity index is 2.00. The molecule has 2 aromatic carbocycles. The number of hydrogen-bond acceptors (Lipinski definition) is 3. The van der Waals surface area contributed by atoms with Crippen LogP contribution in [-0.2, 0) is 16.1 Å². The number of likely N-dealkylation sites (N-methyl/N-ethyl adjacent to an activating group) is 1. The van der Waals surface area contributed by atoms with Crippen LogP contribution in [0.4, 0.5) is 0 Å². The van der Waals surface area contributed by atoms with Gasteiger partial charge in [-0.1, -0.05) is 48.0 Å². The number of rotatable bonds is 9. The van der Waals surface area contributed by atoms with Crippen molar-refractivity contribution in [1.82, 2.24) is 10.2 Å². The Morgan fingerprint density at radius 3 is 2.37 bits per heavy atom. The van der Waals surface area contributed by atoms with Gasteiger partial charge in [-0.15, -0.1) is 11.8 Å². The van der Waals surface area contributed by atoms with E-state index in [1.807, 2.05) is 37.3 Å². The molecule has 4 nitrogen and oxygen atoms in total. The number of thioether (sulfide) groups is 1. The van der Waals surface area contributed by atoms with Gasteiger partial charge in [-0.25, -0.2) is 0 Å². The molecular formula is C22H28N2O2S. The Labute approximate surface area is 166 Å². The first-order valence-corrected chi connectivity index (χ1v) is 10.3. The molecule has 27 heavy (non-hydrogen) atoms. The van der Waals surface area contributed by atoms with Gasteiger partial charge in [0, 0.05) is 30.2 Å². The van der Waals surface area contributed by atoms with E-state index < -0.39 is 6.04 Å². The monoisotopic (exact) mass is 384 g/mol. The first kappa shape index (κ1) is 21.0. The smallest absolute Gasteiger partial charge is 0.242 e. The van der Waals surface area contributed by atoms with Gasteiger partial charge in [0.25, 0.3) is 0 Å². The third-order valence-electron chi connectivity index (χ3n) is 4.32. The van der Waals surface area contributed by atoms with Gasteiger partial charge in [0.05, 0.1) is 0 Å². The van der Waals surface area contributed by atoms with Gasteiger partial charge in [0.1, 0.15) is 6.04 Å². The minimum Gasteiger partial charge on any atom is -0.355 e. The van der Waals surface area contributed by atoms with Crippen molar-refractivity contribution in [2.45, 2.75) is 44.7 Å². The molecule has 1 unspecified atom stereocenters. The topological polar surface area (TPSA) is 49.4 Å². The molecule has 1 atom stereocenters. The highest BCUT2D eigenvalue weighted by atomic mass is 32.2. The van der Waals surface area contributed by atoms with Crippen LogP contribution < -0.4 is 5.32 Å². The summed E-state index contributed by atoms with van der Waals surface area (Å²) in [6.07, 6.45) is 0.398. The summed E-state index contributed by atoms with van der Waals surface area (Å²) in [4.78, 5) is 28.0. The number of amides is 2. The Hall–Kier alpha value is -2.27. The molecule has 0 aliphatic heterocycles. The van der Waals surface area contributed by atoms with Crippen molar-refractivity contribution in [3.05, 3.63) is 65.7 Å². The lowest BCUT2D eigenvalue weighted by Crippen LogP contribution is -2.47. The molecule has 144 valence electrons. The molecule has 0 bridgehead atoms. The second-order valence-electron chi connectivity index (χ2n) is 6.49. The lowest BCUT2D eigenvalue weighted by atomic mass is 10.1. The molecule has 2 rings (SSSR count). The van der Waals surface area contributed by atoms with E-state index in [0.29, 0.717) is 25.3 Å². The SMILES string of the molecule is CCNC(=O)C(C)N(Cc1ccccc1)C(=O)CCSc1ccc(C)cc1. The Kier molecular flexibility index (Phi) is 8.40. The molecule has 2 aromatic rings. The number of carbonyl (C=O) groups excluding carboxylic acids is 2. The molecule has 2 amide bonds. The molecule has 0 spiro atoms. The number of nitrogens with one attached hydrogen (secondary N) is 1. The molecular weight excluding hydrogens is 356 g/mol. The van der Waals surface area contributed by atoms with Crippen LogP contribution in [0, 0.1) is 6.92 Å². The summed E-state index contributed by atoms with van der Waals surface area (Å²) >= 11 is 1.66. The summed E-state index contributed by atoms with van der Waals surface area (Å²) < 4.78 is 0. The van der Waals surface area contributed by atoms with E-state index in [0.717, 1.165) is 10.5 Å². The van der Waals surface area contributed by atoms with Crippen molar-refractivity contribution < 1.29 is 9.59 Å². The van der Waals surface area contributed by atoms with Crippen LogP contribution in [-0.4, -0.2) is 35.1 Å². The highest BCUT2D eigenvalue weighted by Crippen LogP contribution is 2.20. The highest BCUT2D eigenvalue weighted by Gasteiger charge is 2.25. The van der Waals surface area contributed by atoms with E-state index in [1.54, 1.807) is 23.6 Å². The minimum absolute atomic E-state index is 0.00258. The van der Waals surface area contributed by atoms with Crippen molar-refractivity contribution >= 4 is 23.6 Å². The fourth-order valence-electron chi connectivity index (χ4n) is 2.72. The predicted octanol–water partition coefficient (Wildman–Crippen LogP) is 4.03. The number of hydrogen-bond donors (Lipinski definition) is 1. The summed E-state index contributed by atoms with van der Waals surface area (Å²) in [6, 6.07) is 17.6. The zero-order chi connectivity index (χ0) is 19.6. The van der Waals surface area contributed by atoms with E-state index in [9.17, 15) is 9.59 Å². The summed E-state index contributed by atoms with van der Waals surface area (Å²) in [7, 11) is 0. The number of benzene rings is 2. The molecule has 0 aliphatic rings. The Morgan fingerprint density at radius 1 is 1.07 bits per heavy atom. The molecule has 0 radical (unpaired) electrons. The molecule has 0 aromatic heterocycles. The van der Waals surface area contributed by atoms with Crippen LogP contribution in [0.15, 0.2) is 59.5 Å². The second kappa shape index (κ2) is 10.8. The Bertz CT molecular complexity index is 732. The summed E-state index contributed by atoms with van der Waals surface area (Å²) in [5, 5.41) is 2.82. The maximum absolute atomic E-state index is 12.9. The number of aryl methyl sites for hydroxylation is 1. The minimum atomic E-state index is -0.498. The van der Waals surface area contributed by atoms with E-state index in [1.165, 1.54) is 5.56 Å². The third kappa shape index (κ3) is 6.75. The van der Waals surface area contributed by atoms with E-state index >= 15 is 0 Å². The quantitative estimate of drug-likeness (QED) is 0.664. The first-order chi connectivity index (χ1) is 13.0. The highest BCUT2D eigenvalue weighted by molar-refractivity contribution is 7.99. The predicted molar refractivity (Wildman–Crippen MR) is 112 cm³/mol. The van der Waals surface area contributed by atoms with Gasteiger partial charge in [0.15, 0.2) is 0 Å². The number of nitrogens with zero attached hydrogens (tertiary/aromatic N) is 1. The van der Waals surface area contributed by atoms with Gasteiger partial charge in [-0.3, -0.25) is 9.59 Å². The maximum Gasteiger partial charge on any atom is 0.242 e. The summed E-state index contributed by atoms with van der Waals surface area (Å²) in [6.45, 7) is 6.72. The summed E-state index contributed by atoms with van der Waals surface area (Å²) in [5.74, 6) is 0.570. The maximum atomic E-state index is 12.9. The first-order valence-electron chi connectivity index (χ1n) is 9.31. The second-order valence-corrected chi connectivity index (χ2v) is 7.66. The normalized spacial score (nSPS) is 11.7. The standard InChI is InChI=1S/C22H28N2O2S/c1-4-23-22(26)18(3)24(16-19-8-6-5-7-9-19)21(25)14-15-27-20-12-10-17(2)11-13-20/h5-13,18H,4,14-16H2,1-3H3,(H,23,26). The molecule has 0 saturated heterocycles. The summed E-state index contributed by atoms with van der Waals surface area (Å²) in [5.41, 5.74) is 2.24. The van der Waals surface area contributed by atoms with Crippen molar-refractivity contribution in [2.75, 3.05) is 12.3 Å². The molecule has 1 N–H and O–H groups in total. The van der Waals surface area contributed by atoms with Gasteiger partial charge in [-0.2, -0.15) is 0 Å². The zero-order valence-electron chi connectivity index (χ0n) is 16.3. The molecule has 0 aliphatic carbocycles. The molecule has 0 fully saturated rings. The van der Waals surface area contributed by atoms with Crippen molar-refractivity contribution in [3.63, 3.8) is 0 Å². The fraction of sp³-hybridized carbons (Fsp3) is 0.364. The van der Waals surface area contributed by atoms with Crippen molar-refractivity contribution in [3.8, 4) is 0 Å². The average Bonchev–Trinajstić information content (AvgIpc) is 2.68. The largest absolute Gasteiger partial charge is 0.355 e. The lowest BCUT2D eigenvalue weighted by molar-refractivity contribution is -0.140. The molecule has 0 heterocycles. The van der Waals surface area contributed by atoms with Crippen molar-refractivity contribution in [1.29, 1.82) is 0 Å². The van der Waals surface area contributed by atoms with E-state index in [2.05, 4.69) is 36.5 Å². The fourth-order valence-corrected chi connectivity index (χ4v) is 3.56. The van der Waals surface area contributed by atoms with Crippen LogP contribution in [0.25, 0.3) is 0 Å².